The smallest absolute Gasteiger partial charge is 0.475 e. The molecule has 3 heterocycles. The molecule has 4 rings (SSSR count). The van der Waals surface area contributed by atoms with Crippen molar-refractivity contribution in [2.75, 3.05) is 20.1 Å². The molecule has 1 aromatic heterocycles. The Balaban J connectivity index is 0.000000360. The Hall–Kier alpha value is -2.81. The van der Waals surface area contributed by atoms with Gasteiger partial charge in [-0.05, 0) is 37.5 Å². The molecule has 9 heteroatoms. The minimum atomic E-state index is -5.08. The number of carbonyl (C=O) groups excluding carboxylic acids is 1. The number of hydrogen-bond acceptors (Lipinski definition) is 4. The number of benzene rings is 1. The molecule has 2 aromatic rings. The van der Waals surface area contributed by atoms with E-state index in [0.29, 0.717) is 12.3 Å². The Morgan fingerprint density at radius 3 is 2.25 bits per heavy atom. The van der Waals surface area contributed by atoms with Crippen LogP contribution in [0.15, 0.2) is 46.9 Å². The second-order valence-electron chi connectivity index (χ2n) is 8.32. The summed E-state index contributed by atoms with van der Waals surface area (Å²) in [6.45, 7) is 4.84. The number of halogens is 3. The molecule has 1 N–H and O–H groups in total. The molecule has 0 saturated carbocycles. The minimum Gasteiger partial charge on any atom is -0.475 e. The van der Waals surface area contributed by atoms with Crippen molar-refractivity contribution in [2.45, 2.75) is 50.4 Å². The Kier molecular flexibility index (Phi) is 6.97. The number of likely N-dealkylation sites (N-methyl/N-ethyl adjacent to an activating group) is 1. The quantitative estimate of drug-likeness (QED) is 0.756. The third-order valence-electron chi connectivity index (χ3n) is 6.41. The third-order valence-corrected chi connectivity index (χ3v) is 6.41. The van der Waals surface area contributed by atoms with Gasteiger partial charge in [0.2, 0.25) is 5.91 Å². The molecule has 2 saturated heterocycles. The number of hydrogen-bond donors (Lipinski definition) is 1. The Bertz CT molecular complexity index is 934. The van der Waals surface area contributed by atoms with Crippen LogP contribution >= 0.6 is 0 Å². The molecule has 2 aliphatic heterocycles. The van der Waals surface area contributed by atoms with Crippen LogP contribution in [0.25, 0.3) is 0 Å². The normalized spacial score (nSPS) is 20.8. The molecule has 32 heavy (non-hydrogen) atoms. The molecule has 6 nitrogen and oxygen atoms in total. The first-order chi connectivity index (χ1) is 15.0. The first-order valence-electron chi connectivity index (χ1n) is 10.4. The van der Waals surface area contributed by atoms with E-state index in [9.17, 15) is 18.0 Å². The van der Waals surface area contributed by atoms with Crippen LogP contribution < -0.4 is 0 Å². The lowest BCUT2D eigenvalue weighted by molar-refractivity contribution is -0.192. The summed E-state index contributed by atoms with van der Waals surface area (Å²) < 4.78 is 37.5. The lowest BCUT2D eigenvalue weighted by atomic mass is 9.74. The van der Waals surface area contributed by atoms with Gasteiger partial charge in [-0.2, -0.15) is 13.2 Å². The summed E-state index contributed by atoms with van der Waals surface area (Å²) in [6.07, 6.45) is -2.40. The molecule has 1 atom stereocenters. The molecular weight excluding hydrogens is 425 g/mol. The van der Waals surface area contributed by atoms with E-state index in [-0.39, 0.29) is 11.4 Å². The van der Waals surface area contributed by atoms with Crippen LogP contribution in [-0.2, 0) is 16.1 Å². The molecule has 1 unspecified atom stereocenters. The molecular formula is C23H27F3N2O4. The second kappa shape index (κ2) is 9.36. The van der Waals surface area contributed by atoms with Crippen LogP contribution in [0.3, 0.4) is 0 Å². The number of likely N-dealkylation sites (tertiary alicyclic amines) is 2. The summed E-state index contributed by atoms with van der Waals surface area (Å²) in [5, 5.41) is 7.12. The maximum atomic E-state index is 12.5. The van der Waals surface area contributed by atoms with Gasteiger partial charge in [0.05, 0.1) is 12.1 Å². The topological polar surface area (TPSA) is 74.0 Å². The molecule has 1 amide bonds. The predicted octanol–water partition coefficient (Wildman–Crippen LogP) is 4.20. The molecule has 1 aromatic carbocycles. The zero-order chi connectivity index (χ0) is 23.5. The summed E-state index contributed by atoms with van der Waals surface area (Å²) in [4.78, 5) is 25.9. The fourth-order valence-electron chi connectivity index (χ4n) is 4.67. The van der Waals surface area contributed by atoms with Crippen LogP contribution in [-0.4, -0.2) is 58.6 Å². The monoisotopic (exact) mass is 452 g/mol. The van der Waals surface area contributed by atoms with Crippen molar-refractivity contribution in [2.24, 2.45) is 0 Å². The number of nitrogens with zero attached hydrogens (tertiary/aromatic N) is 2. The zero-order valence-corrected chi connectivity index (χ0v) is 18.1. The Labute approximate surface area is 184 Å². The third kappa shape index (κ3) is 5.15. The summed E-state index contributed by atoms with van der Waals surface area (Å²) in [5.41, 5.74) is 1.27. The van der Waals surface area contributed by atoms with Gasteiger partial charge in [-0.15, -0.1) is 0 Å². The molecule has 2 aliphatic rings. The number of carboxylic acid groups (broad SMARTS) is 1. The first-order valence-corrected chi connectivity index (χ1v) is 10.4. The number of furan rings is 1. The SMILES string of the molecule is Cc1ccc(CN2CCC3(CC2)C(c2ccccc2)CC(=O)N3C)o1.O=C(O)C(F)(F)F. The van der Waals surface area contributed by atoms with Gasteiger partial charge < -0.3 is 14.4 Å². The maximum Gasteiger partial charge on any atom is 0.490 e. The second-order valence-corrected chi connectivity index (χ2v) is 8.32. The van der Waals surface area contributed by atoms with Crippen molar-refractivity contribution >= 4 is 11.9 Å². The van der Waals surface area contributed by atoms with Gasteiger partial charge in [-0.25, -0.2) is 4.79 Å². The van der Waals surface area contributed by atoms with Gasteiger partial charge in [0, 0.05) is 32.5 Å². The molecule has 1 spiro atoms. The van der Waals surface area contributed by atoms with Crippen LogP contribution in [0, 0.1) is 6.92 Å². The highest BCUT2D eigenvalue weighted by atomic mass is 19.4. The van der Waals surface area contributed by atoms with Crippen molar-refractivity contribution in [3.05, 3.63) is 59.5 Å². The van der Waals surface area contributed by atoms with E-state index in [1.54, 1.807) is 0 Å². The van der Waals surface area contributed by atoms with Gasteiger partial charge in [0.15, 0.2) is 0 Å². The standard InChI is InChI=1S/C21H26N2O2.C2HF3O2/c1-16-8-9-18(25-16)15-23-12-10-21(11-13-23)19(14-20(24)22(21)2)17-6-4-3-5-7-17;3-2(4,5)1(6)7/h3-9,19H,10-15H2,1-2H3;(H,6,7). The zero-order valence-electron chi connectivity index (χ0n) is 18.1. The molecule has 0 bridgehead atoms. The van der Waals surface area contributed by atoms with E-state index >= 15 is 0 Å². The van der Waals surface area contributed by atoms with Crippen molar-refractivity contribution in [3.63, 3.8) is 0 Å². The maximum absolute atomic E-state index is 12.5. The number of amides is 1. The van der Waals surface area contributed by atoms with Crippen molar-refractivity contribution in [1.82, 2.24) is 9.80 Å². The highest BCUT2D eigenvalue weighted by Gasteiger charge is 2.52. The molecule has 174 valence electrons. The molecule has 0 aliphatic carbocycles. The number of carboxylic acids is 1. The van der Waals surface area contributed by atoms with Crippen molar-refractivity contribution in [1.29, 1.82) is 0 Å². The average molecular weight is 452 g/mol. The number of aryl methyl sites for hydroxylation is 1. The Morgan fingerprint density at radius 1 is 1.16 bits per heavy atom. The summed E-state index contributed by atoms with van der Waals surface area (Å²) >= 11 is 0. The van der Waals surface area contributed by atoms with E-state index in [4.69, 9.17) is 14.3 Å². The van der Waals surface area contributed by atoms with Gasteiger partial charge in [0.25, 0.3) is 0 Å². The summed E-state index contributed by atoms with van der Waals surface area (Å²) in [7, 11) is 2.00. The van der Waals surface area contributed by atoms with Crippen molar-refractivity contribution < 1.29 is 32.3 Å². The largest absolute Gasteiger partial charge is 0.490 e. The van der Waals surface area contributed by atoms with Crippen LogP contribution in [0.2, 0.25) is 0 Å². The first kappa shape index (κ1) is 23.8. The Morgan fingerprint density at radius 2 is 1.75 bits per heavy atom. The predicted molar refractivity (Wildman–Crippen MR) is 111 cm³/mol. The van der Waals surface area contributed by atoms with Gasteiger partial charge in [-0.3, -0.25) is 9.69 Å². The average Bonchev–Trinajstić information content (AvgIpc) is 3.26. The van der Waals surface area contributed by atoms with E-state index < -0.39 is 12.1 Å². The lowest BCUT2D eigenvalue weighted by Gasteiger charge is -2.46. The van der Waals surface area contributed by atoms with Gasteiger partial charge >= 0.3 is 12.1 Å². The van der Waals surface area contributed by atoms with E-state index in [1.165, 1.54) is 5.56 Å². The lowest BCUT2D eigenvalue weighted by Crippen LogP contribution is -2.53. The number of alkyl halides is 3. The van der Waals surface area contributed by atoms with E-state index in [0.717, 1.165) is 44.0 Å². The van der Waals surface area contributed by atoms with Crippen LogP contribution in [0.4, 0.5) is 13.2 Å². The van der Waals surface area contributed by atoms with Crippen LogP contribution in [0.1, 0.15) is 42.3 Å². The summed E-state index contributed by atoms with van der Waals surface area (Å²) in [6, 6.07) is 14.7. The van der Waals surface area contributed by atoms with Crippen molar-refractivity contribution in [3.8, 4) is 0 Å². The number of carbonyl (C=O) groups is 2. The fraction of sp³-hybridized carbons (Fsp3) is 0.478. The highest BCUT2D eigenvalue weighted by Crippen LogP contribution is 2.48. The van der Waals surface area contributed by atoms with E-state index in [2.05, 4.69) is 35.2 Å². The number of aliphatic carboxylic acids is 1. The molecule has 2 fully saturated rings. The molecule has 0 radical (unpaired) electrons. The number of piperidine rings is 1. The fourth-order valence-corrected chi connectivity index (χ4v) is 4.67. The summed E-state index contributed by atoms with van der Waals surface area (Å²) in [5.74, 6) is -0.173. The van der Waals surface area contributed by atoms with E-state index in [1.807, 2.05) is 31.0 Å². The van der Waals surface area contributed by atoms with Crippen LogP contribution in [0.5, 0.6) is 0 Å². The van der Waals surface area contributed by atoms with Gasteiger partial charge in [0.1, 0.15) is 11.5 Å². The minimum absolute atomic E-state index is 0.0337. The highest BCUT2D eigenvalue weighted by molar-refractivity contribution is 5.81. The number of rotatable bonds is 3. The van der Waals surface area contributed by atoms with Gasteiger partial charge in [-0.1, -0.05) is 30.3 Å².